The van der Waals surface area contributed by atoms with Crippen molar-refractivity contribution in [1.82, 2.24) is 0 Å². The van der Waals surface area contributed by atoms with Gasteiger partial charge in [0.25, 0.3) is 0 Å². The fraction of sp³-hybridized carbons (Fsp3) is 0.556. The second-order valence-electron chi connectivity index (χ2n) is 2.86. The highest BCUT2D eigenvalue weighted by Gasteiger charge is 2.04. The first kappa shape index (κ1) is 9.44. The summed E-state index contributed by atoms with van der Waals surface area (Å²) >= 11 is 0. The van der Waals surface area contributed by atoms with Gasteiger partial charge in [-0.05, 0) is 27.2 Å². The Morgan fingerprint density at radius 1 is 1.30 bits per heavy atom. The van der Waals surface area contributed by atoms with Gasteiger partial charge >= 0.3 is 0 Å². The van der Waals surface area contributed by atoms with Gasteiger partial charge in [0.2, 0.25) is 0 Å². The first-order valence-electron chi connectivity index (χ1n) is 3.57. The van der Waals surface area contributed by atoms with Crippen molar-refractivity contribution in [2.24, 2.45) is 0 Å². The molecular formula is C9H16O. The van der Waals surface area contributed by atoms with Crippen molar-refractivity contribution in [3.05, 3.63) is 24.3 Å². The van der Waals surface area contributed by atoms with Crippen LogP contribution in [-0.4, -0.2) is 10.7 Å². The highest BCUT2D eigenvalue weighted by atomic mass is 16.3. The third-order valence-electron chi connectivity index (χ3n) is 1.03. The molecule has 1 N–H and O–H groups in total. The average molecular weight is 140 g/mol. The summed E-state index contributed by atoms with van der Waals surface area (Å²) in [5.41, 5.74) is -0.665. The zero-order valence-corrected chi connectivity index (χ0v) is 6.96. The standard InChI is InChI=1S/C9H16O/c1-4-5-6-7-8-9(2,3)10/h4-5,7-8,10H,6H2,1-3H3/b5-4+,8-7+. The summed E-state index contributed by atoms with van der Waals surface area (Å²) in [6, 6.07) is 0. The molecule has 0 bridgehead atoms. The van der Waals surface area contributed by atoms with E-state index in [1.807, 2.05) is 25.2 Å². The highest BCUT2D eigenvalue weighted by molar-refractivity contribution is 4.98. The molecule has 0 unspecified atom stereocenters. The van der Waals surface area contributed by atoms with Gasteiger partial charge < -0.3 is 5.11 Å². The van der Waals surface area contributed by atoms with E-state index >= 15 is 0 Å². The van der Waals surface area contributed by atoms with Crippen LogP contribution >= 0.6 is 0 Å². The van der Waals surface area contributed by atoms with Gasteiger partial charge in [-0.15, -0.1) is 0 Å². The molecule has 0 radical (unpaired) electrons. The predicted molar refractivity (Wildman–Crippen MR) is 44.9 cm³/mol. The van der Waals surface area contributed by atoms with Gasteiger partial charge in [-0.1, -0.05) is 24.3 Å². The molecule has 0 amide bonds. The average Bonchev–Trinajstić information content (AvgIpc) is 1.78. The van der Waals surface area contributed by atoms with Crippen LogP contribution in [0.2, 0.25) is 0 Å². The van der Waals surface area contributed by atoms with E-state index in [1.54, 1.807) is 19.9 Å². The van der Waals surface area contributed by atoms with Crippen LogP contribution in [0.3, 0.4) is 0 Å². The van der Waals surface area contributed by atoms with E-state index in [-0.39, 0.29) is 0 Å². The van der Waals surface area contributed by atoms with Crippen LogP contribution in [0.5, 0.6) is 0 Å². The van der Waals surface area contributed by atoms with E-state index in [0.717, 1.165) is 6.42 Å². The van der Waals surface area contributed by atoms with Crippen molar-refractivity contribution in [2.75, 3.05) is 0 Å². The quantitative estimate of drug-likeness (QED) is 0.596. The summed E-state index contributed by atoms with van der Waals surface area (Å²) in [5.74, 6) is 0. The maximum atomic E-state index is 9.21. The van der Waals surface area contributed by atoms with E-state index in [0.29, 0.717) is 0 Å². The molecular weight excluding hydrogens is 124 g/mol. The number of aliphatic hydroxyl groups is 1. The minimum atomic E-state index is -0.665. The lowest BCUT2D eigenvalue weighted by molar-refractivity contribution is 0.133. The lowest BCUT2D eigenvalue weighted by atomic mass is 10.1. The first-order valence-corrected chi connectivity index (χ1v) is 3.57. The van der Waals surface area contributed by atoms with Crippen molar-refractivity contribution in [3.63, 3.8) is 0 Å². The summed E-state index contributed by atoms with van der Waals surface area (Å²) < 4.78 is 0. The van der Waals surface area contributed by atoms with Gasteiger partial charge in [0.15, 0.2) is 0 Å². The first-order chi connectivity index (χ1) is 4.56. The predicted octanol–water partition coefficient (Wildman–Crippen LogP) is 2.28. The molecule has 0 fully saturated rings. The lowest BCUT2D eigenvalue weighted by Gasteiger charge is -2.09. The molecule has 0 aromatic rings. The minimum Gasteiger partial charge on any atom is -0.386 e. The van der Waals surface area contributed by atoms with Gasteiger partial charge in [-0.25, -0.2) is 0 Å². The SMILES string of the molecule is C/C=C/C/C=C/C(C)(C)O. The van der Waals surface area contributed by atoms with E-state index in [1.165, 1.54) is 0 Å². The van der Waals surface area contributed by atoms with Crippen molar-refractivity contribution in [1.29, 1.82) is 0 Å². The molecule has 0 rings (SSSR count). The van der Waals surface area contributed by atoms with Gasteiger partial charge in [-0.3, -0.25) is 0 Å². The molecule has 0 aliphatic heterocycles. The highest BCUT2D eigenvalue weighted by Crippen LogP contribution is 2.02. The largest absolute Gasteiger partial charge is 0.386 e. The number of allylic oxidation sites excluding steroid dienone is 3. The lowest BCUT2D eigenvalue weighted by Crippen LogP contribution is -2.13. The Morgan fingerprint density at radius 2 is 1.90 bits per heavy atom. The van der Waals surface area contributed by atoms with E-state index in [2.05, 4.69) is 0 Å². The zero-order chi connectivity index (χ0) is 8.04. The maximum absolute atomic E-state index is 9.21. The Balaban J connectivity index is 3.56. The Kier molecular flexibility index (Phi) is 4.05. The Labute approximate surface area is 63.1 Å². The Bertz CT molecular complexity index is 126. The summed E-state index contributed by atoms with van der Waals surface area (Å²) in [6.07, 6.45) is 8.70. The third-order valence-corrected chi connectivity index (χ3v) is 1.03. The molecule has 1 heteroatoms. The van der Waals surface area contributed by atoms with Crippen LogP contribution in [0.25, 0.3) is 0 Å². The van der Waals surface area contributed by atoms with Crippen molar-refractivity contribution in [3.8, 4) is 0 Å². The van der Waals surface area contributed by atoms with E-state index in [4.69, 9.17) is 0 Å². The molecule has 58 valence electrons. The van der Waals surface area contributed by atoms with Gasteiger partial charge in [0, 0.05) is 0 Å². The summed E-state index contributed by atoms with van der Waals surface area (Å²) in [5, 5.41) is 9.21. The molecule has 0 saturated heterocycles. The normalized spacial score (nSPS) is 13.6. The minimum absolute atomic E-state index is 0.665. The second-order valence-corrected chi connectivity index (χ2v) is 2.86. The van der Waals surface area contributed by atoms with Crippen molar-refractivity contribution < 1.29 is 5.11 Å². The molecule has 1 nitrogen and oxygen atoms in total. The second kappa shape index (κ2) is 4.29. The number of hydrogen-bond donors (Lipinski definition) is 1. The smallest absolute Gasteiger partial charge is 0.0771 e. The van der Waals surface area contributed by atoms with Crippen LogP contribution in [0.15, 0.2) is 24.3 Å². The molecule has 0 spiro atoms. The van der Waals surface area contributed by atoms with Gasteiger partial charge in [0.1, 0.15) is 0 Å². The number of rotatable bonds is 3. The van der Waals surface area contributed by atoms with Crippen LogP contribution < -0.4 is 0 Å². The zero-order valence-electron chi connectivity index (χ0n) is 6.96. The fourth-order valence-electron chi connectivity index (χ4n) is 0.571. The molecule has 0 atom stereocenters. The Hall–Kier alpha value is -0.560. The van der Waals surface area contributed by atoms with Crippen molar-refractivity contribution in [2.45, 2.75) is 32.8 Å². The monoisotopic (exact) mass is 140 g/mol. The number of hydrogen-bond acceptors (Lipinski definition) is 1. The molecule has 0 heterocycles. The Morgan fingerprint density at radius 3 is 2.30 bits per heavy atom. The van der Waals surface area contributed by atoms with Crippen LogP contribution in [-0.2, 0) is 0 Å². The summed E-state index contributed by atoms with van der Waals surface area (Å²) in [7, 11) is 0. The van der Waals surface area contributed by atoms with Crippen LogP contribution in [0.1, 0.15) is 27.2 Å². The van der Waals surface area contributed by atoms with Gasteiger partial charge in [0.05, 0.1) is 5.60 Å². The summed E-state index contributed by atoms with van der Waals surface area (Å²) in [4.78, 5) is 0. The van der Waals surface area contributed by atoms with Crippen LogP contribution in [0.4, 0.5) is 0 Å². The van der Waals surface area contributed by atoms with Crippen LogP contribution in [0, 0.1) is 0 Å². The molecule has 10 heavy (non-hydrogen) atoms. The molecule has 0 aromatic carbocycles. The maximum Gasteiger partial charge on any atom is 0.0771 e. The molecule has 0 aliphatic rings. The topological polar surface area (TPSA) is 20.2 Å². The van der Waals surface area contributed by atoms with Gasteiger partial charge in [-0.2, -0.15) is 0 Å². The fourth-order valence-corrected chi connectivity index (χ4v) is 0.571. The summed E-state index contributed by atoms with van der Waals surface area (Å²) in [6.45, 7) is 5.51. The van der Waals surface area contributed by atoms with Crippen molar-refractivity contribution >= 4 is 0 Å². The molecule has 0 saturated carbocycles. The molecule has 0 aromatic heterocycles. The van der Waals surface area contributed by atoms with E-state index in [9.17, 15) is 5.11 Å². The molecule has 0 aliphatic carbocycles. The third kappa shape index (κ3) is 7.44. The van der Waals surface area contributed by atoms with E-state index < -0.39 is 5.60 Å².